The quantitative estimate of drug-likeness (QED) is 0.643. The highest BCUT2D eigenvalue weighted by atomic mass is 79.9. The average Bonchev–Trinajstić information content (AvgIpc) is 2.94. The van der Waals surface area contributed by atoms with E-state index in [1.807, 2.05) is 0 Å². The summed E-state index contributed by atoms with van der Waals surface area (Å²) in [7, 11) is 0. The van der Waals surface area contributed by atoms with Crippen molar-refractivity contribution in [3.05, 3.63) is 18.0 Å². The first-order valence-electron chi connectivity index (χ1n) is 6.21. The molecule has 0 aliphatic heterocycles. The molecule has 0 unspecified atom stereocenters. The molecule has 4 heteroatoms. The molecule has 1 fully saturated rings. The minimum atomic E-state index is 0.663. The van der Waals surface area contributed by atoms with Gasteiger partial charge in [0.05, 0.1) is 11.7 Å². The second kappa shape index (κ2) is 6.40. The van der Waals surface area contributed by atoms with Gasteiger partial charge in [-0.15, -0.1) is 0 Å². The molecule has 0 amide bonds. The molecule has 1 aromatic rings. The highest BCUT2D eigenvalue weighted by Gasteiger charge is 2.17. The van der Waals surface area contributed by atoms with Crippen molar-refractivity contribution >= 4 is 15.9 Å². The second-order valence-corrected chi connectivity index (χ2v) is 5.24. The van der Waals surface area contributed by atoms with Gasteiger partial charge in [0, 0.05) is 18.1 Å². The van der Waals surface area contributed by atoms with Gasteiger partial charge in [-0.2, -0.15) is 5.10 Å². The summed E-state index contributed by atoms with van der Waals surface area (Å²) in [4.78, 5) is 0. The van der Waals surface area contributed by atoms with E-state index in [4.69, 9.17) is 0 Å². The molecule has 0 radical (unpaired) electrons. The van der Waals surface area contributed by atoms with E-state index >= 15 is 0 Å². The van der Waals surface area contributed by atoms with Gasteiger partial charge in [0.1, 0.15) is 0 Å². The third-order valence-electron chi connectivity index (χ3n) is 3.16. The summed E-state index contributed by atoms with van der Waals surface area (Å²) < 4.78 is 2.16. The number of aromatic nitrogens is 2. The average molecular weight is 286 g/mol. The fourth-order valence-electron chi connectivity index (χ4n) is 2.25. The van der Waals surface area contributed by atoms with Gasteiger partial charge < -0.3 is 5.32 Å². The number of nitrogens with one attached hydrogen (secondary N) is 1. The Morgan fingerprint density at radius 3 is 3.00 bits per heavy atom. The van der Waals surface area contributed by atoms with Crippen molar-refractivity contribution in [1.29, 1.82) is 0 Å². The maximum absolute atomic E-state index is 4.63. The zero-order chi connectivity index (χ0) is 11.2. The summed E-state index contributed by atoms with van der Waals surface area (Å²) in [5, 5.41) is 9.10. The minimum absolute atomic E-state index is 0.663. The monoisotopic (exact) mass is 285 g/mol. The van der Waals surface area contributed by atoms with E-state index in [1.165, 1.54) is 37.8 Å². The van der Waals surface area contributed by atoms with Crippen LogP contribution in [0.3, 0.4) is 0 Å². The van der Waals surface area contributed by atoms with Gasteiger partial charge in [-0.3, -0.25) is 4.68 Å². The van der Waals surface area contributed by atoms with Crippen molar-refractivity contribution in [3.8, 4) is 0 Å². The molecule has 0 bridgehead atoms. The molecule has 1 aliphatic carbocycles. The van der Waals surface area contributed by atoms with Crippen molar-refractivity contribution in [3.63, 3.8) is 0 Å². The van der Waals surface area contributed by atoms with E-state index in [0.29, 0.717) is 6.04 Å². The lowest BCUT2D eigenvalue weighted by Crippen LogP contribution is -2.16. The molecule has 2 rings (SSSR count). The first kappa shape index (κ1) is 12.1. The van der Waals surface area contributed by atoms with Crippen LogP contribution in [0.25, 0.3) is 0 Å². The van der Waals surface area contributed by atoms with Crippen LogP contribution in [0.2, 0.25) is 0 Å². The highest BCUT2D eigenvalue weighted by Crippen LogP contribution is 2.28. The van der Waals surface area contributed by atoms with E-state index < -0.39 is 0 Å². The van der Waals surface area contributed by atoms with Gasteiger partial charge in [-0.05, 0) is 31.9 Å². The van der Waals surface area contributed by atoms with Crippen molar-refractivity contribution in [2.45, 2.75) is 44.7 Å². The molecule has 1 heterocycles. The Balaban J connectivity index is 1.77. The minimum Gasteiger partial charge on any atom is -0.311 e. The van der Waals surface area contributed by atoms with Crippen LogP contribution in [0.4, 0.5) is 0 Å². The van der Waals surface area contributed by atoms with Gasteiger partial charge in [-0.1, -0.05) is 28.8 Å². The molecule has 0 spiro atoms. The summed E-state index contributed by atoms with van der Waals surface area (Å²) in [6.45, 7) is 1.95. The summed E-state index contributed by atoms with van der Waals surface area (Å²) in [6.07, 6.45) is 8.64. The van der Waals surface area contributed by atoms with Crippen LogP contribution in [-0.4, -0.2) is 21.7 Å². The summed E-state index contributed by atoms with van der Waals surface area (Å²) >= 11 is 3.42. The lowest BCUT2D eigenvalue weighted by molar-refractivity contribution is 0.461. The maximum atomic E-state index is 4.63. The number of hydrogen-bond acceptors (Lipinski definition) is 2. The molecule has 1 N–H and O–H groups in total. The molecule has 1 aromatic heterocycles. The molecule has 90 valence electrons. The van der Waals surface area contributed by atoms with E-state index in [0.717, 1.165) is 18.4 Å². The third-order valence-corrected chi connectivity index (χ3v) is 3.72. The Morgan fingerprint density at radius 1 is 1.44 bits per heavy atom. The fourth-order valence-corrected chi connectivity index (χ4v) is 2.53. The number of hydrogen-bond donors (Lipinski definition) is 1. The number of nitrogens with zero attached hydrogens (tertiary/aromatic N) is 2. The number of halogens is 1. The summed E-state index contributed by atoms with van der Waals surface area (Å²) in [5.74, 6) is 0. The van der Waals surface area contributed by atoms with Crippen LogP contribution < -0.4 is 5.32 Å². The topological polar surface area (TPSA) is 29.9 Å². The Hall–Kier alpha value is -0.350. The van der Waals surface area contributed by atoms with Crippen molar-refractivity contribution in [2.75, 3.05) is 11.9 Å². The van der Waals surface area contributed by atoms with Gasteiger partial charge >= 0.3 is 0 Å². The van der Waals surface area contributed by atoms with E-state index in [2.05, 4.69) is 43.3 Å². The maximum Gasteiger partial charge on any atom is 0.0762 e. The first-order valence-corrected chi connectivity index (χ1v) is 7.33. The predicted molar refractivity (Wildman–Crippen MR) is 69.8 cm³/mol. The molecular weight excluding hydrogens is 266 g/mol. The SMILES string of the molecule is BrCCCNCc1ccn(C2CCCC2)n1. The van der Waals surface area contributed by atoms with Crippen LogP contribution in [0.15, 0.2) is 12.3 Å². The van der Waals surface area contributed by atoms with Crippen LogP contribution in [0.1, 0.15) is 43.8 Å². The Labute approximate surface area is 106 Å². The Morgan fingerprint density at radius 2 is 2.25 bits per heavy atom. The molecule has 0 atom stereocenters. The van der Waals surface area contributed by atoms with Gasteiger partial charge in [0.15, 0.2) is 0 Å². The normalized spacial score (nSPS) is 17.1. The lowest BCUT2D eigenvalue weighted by Gasteiger charge is -2.08. The molecular formula is C12H20BrN3. The summed E-state index contributed by atoms with van der Waals surface area (Å²) in [6, 6.07) is 2.80. The van der Waals surface area contributed by atoms with Gasteiger partial charge in [-0.25, -0.2) is 0 Å². The van der Waals surface area contributed by atoms with Crippen molar-refractivity contribution in [2.24, 2.45) is 0 Å². The molecule has 1 saturated carbocycles. The van der Waals surface area contributed by atoms with Crippen molar-refractivity contribution in [1.82, 2.24) is 15.1 Å². The summed E-state index contributed by atoms with van der Waals surface area (Å²) in [5.41, 5.74) is 1.17. The molecule has 0 aromatic carbocycles. The zero-order valence-electron chi connectivity index (χ0n) is 9.66. The largest absolute Gasteiger partial charge is 0.311 e. The van der Waals surface area contributed by atoms with E-state index in [-0.39, 0.29) is 0 Å². The highest BCUT2D eigenvalue weighted by molar-refractivity contribution is 9.09. The van der Waals surface area contributed by atoms with Crippen molar-refractivity contribution < 1.29 is 0 Å². The smallest absolute Gasteiger partial charge is 0.0762 e. The van der Waals surface area contributed by atoms with Gasteiger partial charge in [0.25, 0.3) is 0 Å². The molecule has 1 aliphatic rings. The zero-order valence-corrected chi connectivity index (χ0v) is 11.2. The standard InChI is InChI=1S/C12H20BrN3/c13-7-3-8-14-10-11-6-9-16(15-11)12-4-1-2-5-12/h6,9,12,14H,1-5,7-8,10H2. The Bertz CT molecular complexity index is 305. The van der Waals surface area contributed by atoms with E-state index in [9.17, 15) is 0 Å². The van der Waals surface area contributed by atoms with Crippen LogP contribution in [-0.2, 0) is 6.54 Å². The number of alkyl halides is 1. The second-order valence-electron chi connectivity index (χ2n) is 4.44. The van der Waals surface area contributed by atoms with Crippen LogP contribution in [0, 0.1) is 0 Å². The third kappa shape index (κ3) is 3.32. The molecule has 0 saturated heterocycles. The fraction of sp³-hybridized carbons (Fsp3) is 0.750. The van der Waals surface area contributed by atoms with Gasteiger partial charge in [0.2, 0.25) is 0 Å². The molecule has 16 heavy (non-hydrogen) atoms. The van der Waals surface area contributed by atoms with E-state index in [1.54, 1.807) is 0 Å². The predicted octanol–water partition coefficient (Wildman–Crippen LogP) is 2.87. The molecule has 3 nitrogen and oxygen atoms in total. The Kier molecular flexibility index (Phi) is 4.85. The van der Waals surface area contributed by atoms with Crippen LogP contribution >= 0.6 is 15.9 Å². The van der Waals surface area contributed by atoms with Crippen LogP contribution in [0.5, 0.6) is 0 Å². The number of rotatable bonds is 6. The lowest BCUT2D eigenvalue weighted by atomic mass is 10.3. The first-order chi connectivity index (χ1) is 7.90.